The summed E-state index contributed by atoms with van der Waals surface area (Å²) in [5.41, 5.74) is 3.21. The van der Waals surface area contributed by atoms with Crippen LogP contribution >= 0.6 is 0 Å². The number of hydrogen-bond donors (Lipinski definition) is 2. The summed E-state index contributed by atoms with van der Waals surface area (Å²) in [6.45, 7) is 13.4. The van der Waals surface area contributed by atoms with Crippen molar-refractivity contribution in [3.05, 3.63) is 23.3 Å². The van der Waals surface area contributed by atoms with Gasteiger partial charge in [-0.15, -0.1) is 0 Å². The Bertz CT molecular complexity index is 283. The second-order valence-corrected chi connectivity index (χ2v) is 5.84. The molecule has 0 heterocycles. The molecule has 1 rings (SSSR count). The molecule has 2 N–H and O–H groups in total. The molecule has 2 heteroatoms. The van der Waals surface area contributed by atoms with Crippen LogP contribution in [0, 0.1) is 5.41 Å². The van der Waals surface area contributed by atoms with Gasteiger partial charge in [0.1, 0.15) is 0 Å². The average Bonchev–Trinajstić information content (AvgIpc) is 2.68. The summed E-state index contributed by atoms with van der Waals surface area (Å²) in [6.07, 6.45) is 9.64. The van der Waals surface area contributed by atoms with Gasteiger partial charge < -0.3 is 10.6 Å². The van der Waals surface area contributed by atoms with Crippen LogP contribution in [0.2, 0.25) is 0 Å². The number of hydrogen-bond acceptors (Lipinski definition) is 2. The average molecular weight is 264 g/mol. The SMILES string of the molecule is CCCCNCC1(CNCCCC)C(C)=CC=C1C. The monoisotopic (exact) mass is 264 g/mol. The Labute approximate surface area is 119 Å². The smallest absolute Gasteiger partial charge is 0.0370 e. The minimum atomic E-state index is 0.210. The van der Waals surface area contributed by atoms with Gasteiger partial charge in [-0.2, -0.15) is 0 Å². The Kier molecular flexibility index (Phi) is 7.40. The van der Waals surface area contributed by atoms with Crippen molar-refractivity contribution in [2.75, 3.05) is 26.2 Å². The fourth-order valence-corrected chi connectivity index (χ4v) is 2.71. The van der Waals surface area contributed by atoms with E-state index >= 15 is 0 Å². The summed E-state index contributed by atoms with van der Waals surface area (Å²) in [4.78, 5) is 0. The zero-order valence-electron chi connectivity index (χ0n) is 13.3. The molecule has 0 spiro atoms. The molecule has 2 nitrogen and oxygen atoms in total. The van der Waals surface area contributed by atoms with Crippen molar-refractivity contribution in [2.45, 2.75) is 53.4 Å². The molecule has 0 radical (unpaired) electrons. The van der Waals surface area contributed by atoms with Crippen LogP contribution in [0.4, 0.5) is 0 Å². The second-order valence-electron chi connectivity index (χ2n) is 5.84. The van der Waals surface area contributed by atoms with Crippen molar-refractivity contribution in [3.8, 4) is 0 Å². The molecule has 1 aliphatic carbocycles. The van der Waals surface area contributed by atoms with Crippen molar-refractivity contribution in [1.82, 2.24) is 10.6 Å². The first-order chi connectivity index (χ1) is 9.17. The summed E-state index contributed by atoms with van der Waals surface area (Å²) in [6, 6.07) is 0. The van der Waals surface area contributed by atoms with Gasteiger partial charge in [0.05, 0.1) is 0 Å². The van der Waals surface area contributed by atoms with Crippen molar-refractivity contribution >= 4 is 0 Å². The minimum absolute atomic E-state index is 0.210. The summed E-state index contributed by atoms with van der Waals surface area (Å²) in [5.74, 6) is 0. The Morgan fingerprint density at radius 2 is 1.26 bits per heavy atom. The molecule has 0 aromatic carbocycles. The quantitative estimate of drug-likeness (QED) is 0.588. The summed E-state index contributed by atoms with van der Waals surface area (Å²) < 4.78 is 0. The van der Waals surface area contributed by atoms with E-state index in [0.717, 1.165) is 26.2 Å². The molecule has 0 fully saturated rings. The van der Waals surface area contributed by atoms with Gasteiger partial charge in [0.25, 0.3) is 0 Å². The first-order valence-corrected chi connectivity index (χ1v) is 7.95. The molecule has 0 atom stereocenters. The molecule has 110 valence electrons. The number of allylic oxidation sites excluding steroid dienone is 2. The highest BCUT2D eigenvalue weighted by atomic mass is 14.9. The van der Waals surface area contributed by atoms with Gasteiger partial charge in [0.15, 0.2) is 0 Å². The second kappa shape index (κ2) is 8.55. The molecule has 1 aliphatic rings. The third-order valence-corrected chi connectivity index (χ3v) is 4.36. The lowest BCUT2D eigenvalue weighted by Gasteiger charge is -2.34. The van der Waals surface area contributed by atoms with Crippen molar-refractivity contribution in [3.63, 3.8) is 0 Å². The first-order valence-electron chi connectivity index (χ1n) is 7.95. The predicted molar refractivity (Wildman–Crippen MR) is 85.5 cm³/mol. The summed E-state index contributed by atoms with van der Waals surface area (Å²) in [5, 5.41) is 7.30. The third kappa shape index (κ3) is 4.47. The van der Waals surface area contributed by atoms with Crippen LogP contribution in [0.15, 0.2) is 23.3 Å². The van der Waals surface area contributed by atoms with Gasteiger partial charge in [-0.05, 0) is 39.8 Å². The zero-order valence-corrected chi connectivity index (χ0v) is 13.3. The van der Waals surface area contributed by atoms with Gasteiger partial charge in [0, 0.05) is 18.5 Å². The maximum absolute atomic E-state index is 3.65. The van der Waals surface area contributed by atoms with Crippen molar-refractivity contribution in [2.24, 2.45) is 5.41 Å². The molecule has 0 aromatic heterocycles. The van der Waals surface area contributed by atoms with E-state index in [9.17, 15) is 0 Å². The van der Waals surface area contributed by atoms with Crippen molar-refractivity contribution < 1.29 is 0 Å². The molecule has 0 aromatic rings. The van der Waals surface area contributed by atoms with Crippen LogP contribution in [0.25, 0.3) is 0 Å². The molecule has 19 heavy (non-hydrogen) atoms. The molecule has 0 saturated carbocycles. The third-order valence-electron chi connectivity index (χ3n) is 4.36. The molecule has 0 aliphatic heterocycles. The first kappa shape index (κ1) is 16.5. The van der Waals surface area contributed by atoms with Gasteiger partial charge in [-0.25, -0.2) is 0 Å². The molecule has 0 saturated heterocycles. The van der Waals surface area contributed by atoms with E-state index in [4.69, 9.17) is 0 Å². The van der Waals surface area contributed by atoms with Crippen LogP contribution in [0.1, 0.15) is 53.4 Å². The van der Waals surface area contributed by atoms with E-state index in [1.54, 1.807) is 0 Å². The standard InChI is InChI=1S/C17H32N2/c1-5-7-11-18-13-17(14-19-12-8-6-2)15(3)9-10-16(17)4/h9-10,18-19H,5-8,11-14H2,1-4H3. The van der Waals surface area contributed by atoms with Gasteiger partial charge in [-0.3, -0.25) is 0 Å². The maximum Gasteiger partial charge on any atom is 0.0370 e. The van der Waals surface area contributed by atoms with Crippen molar-refractivity contribution in [1.29, 1.82) is 0 Å². The lowest BCUT2D eigenvalue weighted by atomic mass is 9.77. The van der Waals surface area contributed by atoms with E-state index in [-0.39, 0.29) is 5.41 Å². The highest BCUT2D eigenvalue weighted by molar-refractivity contribution is 5.40. The maximum atomic E-state index is 3.65. The highest BCUT2D eigenvalue weighted by Crippen LogP contribution is 2.38. The molecular formula is C17H32N2. The van der Waals surface area contributed by atoms with E-state index in [0.29, 0.717) is 0 Å². The van der Waals surface area contributed by atoms with Crippen LogP contribution in [-0.2, 0) is 0 Å². The molecular weight excluding hydrogens is 232 g/mol. The van der Waals surface area contributed by atoms with Crippen LogP contribution in [0.3, 0.4) is 0 Å². The summed E-state index contributed by atoms with van der Waals surface area (Å²) in [7, 11) is 0. The van der Waals surface area contributed by atoms with Crippen LogP contribution in [0.5, 0.6) is 0 Å². The van der Waals surface area contributed by atoms with E-state index in [2.05, 4.69) is 50.5 Å². The Hall–Kier alpha value is -0.600. The molecule has 0 amide bonds. The minimum Gasteiger partial charge on any atom is -0.315 e. The molecule has 0 unspecified atom stereocenters. The van der Waals surface area contributed by atoms with Gasteiger partial charge >= 0.3 is 0 Å². The number of nitrogens with one attached hydrogen (secondary N) is 2. The molecule has 0 bridgehead atoms. The normalized spacial score (nSPS) is 17.5. The van der Waals surface area contributed by atoms with E-state index < -0.39 is 0 Å². The topological polar surface area (TPSA) is 24.1 Å². The van der Waals surface area contributed by atoms with Crippen LogP contribution in [-0.4, -0.2) is 26.2 Å². The number of rotatable bonds is 10. The lowest BCUT2D eigenvalue weighted by Crippen LogP contribution is -2.43. The largest absolute Gasteiger partial charge is 0.315 e. The fourth-order valence-electron chi connectivity index (χ4n) is 2.71. The Morgan fingerprint density at radius 3 is 1.63 bits per heavy atom. The highest BCUT2D eigenvalue weighted by Gasteiger charge is 2.35. The Balaban J connectivity index is 2.53. The number of unbranched alkanes of at least 4 members (excludes halogenated alkanes) is 2. The zero-order chi connectivity index (χ0) is 14.1. The van der Waals surface area contributed by atoms with Gasteiger partial charge in [-0.1, -0.05) is 50.0 Å². The Morgan fingerprint density at radius 1 is 0.842 bits per heavy atom. The van der Waals surface area contributed by atoms with Gasteiger partial charge in [0.2, 0.25) is 0 Å². The van der Waals surface area contributed by atoms with E-state index in [1.807, 2.05) is 0 Å². The van der Waals surface area contributed by atoms with E-state index in [1.165, 1.54) is 36.8 Å². The lowest BCUT2D eigenvalue weighted by molar-refractivity contribution is 0.372. The predicted octanol–water partition coefficient (Wildman–Crippen LogP) is 3.66. The summed E-state index contributed by atoms with van der Waals surface area (Å²) >= 11 is 0. The van der Waals surface area contributed by atoms with Crippen LogP contribution < -0.4 is 10.6 Å². The fraction of sp³-hybridized carbons (Fsp3) is 0.765.